The second-order valence-corrected chi connectivity index (χ2v) is 6.00. The van der Waals surface area contributed by atoms with Gasteiger partial charge < -0.3 is 19.7 Å². The number of nitrogens with zero attached hydrogens (tertiary/aromatic N) is 2. The van der Waals surface area contributed by atoms with E-state index in [1.54, 1.807) is 50.7 Å². The van der Waals surface area contributed by atoms with Gasteiger partial charge in [0.05, 0.1) is 19.9 Å². The summed E-state index contributed by atoms with van der Waals surface area (Å²) < 4.78 is 10.6. The van der Waals surface area contributed by atoms with Gasteiger partial charge in [-0.3, -0.25) is 4.79 Å². The molecule has 0 aliphatic rings. The second kappa shape index (κ2) is 8.90. The Labute approximate surface area is 164 Å². The molecule has 6 heteroatoms. The van der Waals surface area contributed by atoms with Gasteiger partial charge in [0.25, 0.3) is 5.91 Å². The molecular formula is C22H23N3O3. The van der Waals surface area contributed by atoms with Crippen LogP contribution in [0.1, 0.15) is 17.3 Å². The average molecular weight is 377 g/mol. The second-order valence-electron chi connectivity index (χ2n) is 6.00. The van der Waals surface area contributed by atoms with E-state index in [0.717, 1.165) is 12.2 Å². The van der Waals surface area contributed by atoms with Crippen LogP contribution in [-0.4, -0.2) is 31.7 Å². The van der Waals surface area contributed by atoms with Gasteiger partial charge in [0, 0.05) is 30.1 Å². The van der Waals surface area contributed by atoms with Crippen LogP contribution in [0.3, 0.4) is 0 Å². The molecule has 0 saturated heterocycles. The molecule has 2 aromatic carbocycles. The monoisotopic (exact) mass is 377 g/mol. The first kappa shape index (κ1) is 19.2. The lowest BCUT2D eigenvalue weighted by atomic mass is 10.2. The van der Waals surface area contributed by atoms with Crippen molar-refractivity contribution in [3.8, 4) is 11.5 Å². The van der Waals surface area contributed by atoms with Crippen molar-refractivity contribution >= 4 is 23.1 Å². The van der Waals surface area contributed by atoms with E-state index in [0.29, 0.717) is 28.6 Å². The maximum Gasteiger partial charge on any atom is 0.255 e. The predicted octanol–water partition coefficient (Wildman–Crippen LogP) is 4.51. The number of ether oxygens (including phenoxy) is 2. The minimum atomic E-state index is -0.251. The Morgan fingerprint density at radius 3 is 2.50 bits per heavy atom. The number of pyridine rings is 1. The largest absolute Gasteiger partial charge is 0.497 e. The van der Waals surface area contributed by atoms with Gasteiger partial charge in [0.2, 0.25) is 0 Å². The Morgan fingerprint density at radius 2 is 1.82 bits per heavy atom. The molecule has 1 N–H and O–H groups in total. The average Bonchev–Trinajstić information content (AvgIpc) is 2.75. The maximum atomic E-state index is 12.8. The van der Waals surface area contributed by atoms with Crippen LogP contribution >= 0.6 is 0 Å². The standard InChI is InChI=1S/C22H23N3O3/c1-4-25(17-8-6-5-7-9-17)21-14-16(12-13-23-21)22(26)24-19-15-18(27-2)10-11-20(19)28-3/h5-15H,4H2,1-3H3,(H,24,26). The molecule has 0 bridgehead atoms. The van der Waals surface area contributed by atoms with Crippen LogP contribution in [-0.2, 0) is 0 Å². The van der Waals surface area contributed by atoms with E-state index in [1.807, 2.05) is 42.2 Å². The lowest BCUT2D eigenvalue weighted by Crippen LogP contribution is -2.19. The van der Waals surface area contributed by atoms with Crippen molar-refractivity contribution < 1.29 is 14.3 Å². The molecule has 28 heavy (non-hydrogen) atoms. The number of amides is 1. The summed E-state index contributed by atoms with van der Waals surface area (Å²) in [4.78, 5) is 19.3. The minimum Gasteiger partial charge on any atom is -0.497 e. The summed E-state index contributed by atoms with van der Waals surface area (Å²) >= 11 is 0. The van der Waals surface area contributed by atoms with E-state index in [2.05, 4.69) is 10.3 Å². The molecular weight excluding hydrogens is 354 g/mol. The molecule has 0 spiro atoms. The van der Waals surface area contributed by atoms with Gasteiger partial charge >= 0.3 is 0 Å². The summed E-state index contributed by atoms with van der Waals surface area (Å²) in [5.41, 5.74) is 2.06. The van der Waals surface area contributed by atoms with Crippen LogP contribution in [0.15, 0.2) is 66.9 Å². The molecule has 0 aliphatic heterocycles. The van der Waals surface area contributed by atoms with E-state index in [9.17, 15) is 4.79 Å². The van der Waals surface area contributed by atoms with Crippen molar-refractivity contribution in [2.75, 3.05) is 31.0 Å². The number of anilines is 3. The number of nitrogens with one attached hydrogen (secondary N) is 1. The SMILES string of the molecule is CCN(c1ccccc1)c1cc(C(=O)Nc2cc(OC)ccc2OC)ccn1. The third-order valence-corrected chi connectivity index (χ3v) is 4.32. The first-order valence-electron chi connectivity index (χ1n) is 8.98. The first-order chi connectivity index (χ1) is 13.7. The van der Waals surface area contributed by atoms with Gasteiger partial charge in [0.1, 0.15) is 17.3 Å². The van der Waals surface area contributed by atoms with Gasteiger partial charge in [-0.05, 0) is 43.3 Å². The molecule has 3 aromatic rings. The molecule has 0 fully saturated rings. The zero-order valence-corrected chi connectivity index (χ0v) is 16.2. The third kappa shape index (κ3) is 4.23. The topological polar surface area (TPSA) is 63.7 Å². The van der Waals surface area contributed by atoms with Crippen LogP contribution in [0.25, 0.3) is 0 Å². The fraction of sp³-hybridized carbons (Fsp3) is 0.182. The number of hydrogen-bond donors (Lipinski definition) is 1. The van der Waals surface area contributed by atoms with Crippen LogP contribution in [0.5, 0.6) is 11.5 Å². The number of hydrogen-bond acceptors (Lipinski definition) is 5. The van der Waals surface area contributed by atoms with Gasteiger partial charge in [0.15, 0.2) is 0 Å². The Morgan fingerprint density at radius 1 is 1.04 bits per heavy atom. The van der Waals surface area contributed by atoms with Crippen LogP contribution in [0.4, 0.5) is 17.2 Å². The lowest BCUT2D eigenvalue weighted by molar-refractivity contribution is 0.102. The zero-order valence-electron chi connectivity index (χ0n) is 16.2. The van der Waals surface area contributed by atoms with E-state index in [-0.39, 0.29) is 5.91 Å². The molecule has 6 nitrogen and oxygen atoms in total. The minimum absolute atomic E-state index is 0.251. The van der Waals surface area contributed by atoms with Crippen molar-refractivity contribution in [1.29, 1.82) is 0 Å². The molecule has 0 saturated carbocycles. The van der Waals surface area contributed by atoms with E-state index >= 15 is 0 Å². The number of rotatable bonds is 7. The Kier molecular flexibility index (Phi) is 6.11. The van der Waals surface area contributed by atoms with Gasteiger partial charge in [-0.25, -0.2) is 4.98 Å². The van der Waals surface area contributed by atoms with Gasteiger partial charge in [-0.2, -0.15) is 0 Å². The highest BCUT2D eigenvalue weighted by atomic mass is 16.5. The first-order valence-corrected chi connectivity index (χ1v) is 8.98. The zero-order chi connectivity index (χ0) is 19.9. The summed E-state index contributed by atoms with van der Waals surface area (Å²) in [7, 11) is 3.13. The fourth-order valence-corrected chi connectivity index (χ4v) is 2.90. The molecule has 0 atom stereocenters. The van der Waals surface area contributed by atoms with E-state index in [4.69, 9.17) is 9.47 Å². The molecule has 1 heterocycles. The number of carbonyl (C=O) groups excluding carboxylic acids is 1. The predicted molar refractivity (Wildman–Crippen MR) is 111 cm³/mol. The van der Waals surface area contributed by atoms with Crippen LogP contribution < -0.4 is 19.7 Å². The Bertz CT molecular complexity index is 945. The van der Waals surface area contributed by atoms with Gasteiger partial charge in [-0.15, -0.1) is 0 Å². The van der Waals surface area contributed by atoms with E-state index in [1.165, 1.54) is 0 Å². The number of benzene rings is 2. The van der Waals surface area contributed by atoms with Crippen molar-refractivity contribution in [1.82, 2.24) is 4.98 Å². The molecule has 0 aliphatic carbocycles. The lowest BCUT2D eigenvalue weighted by Gasteiger charge is -2.22. The number of methoxy groups -OCH3 is 2. The van der Waals surface area contributed by atoms with Crippen molar-refractivity contribution in [3.63, 3.8) is 0 Å². The highest BCUT2D eigenvalue weighted by Crippen LogP contribution is 2.30. The van der Waals surface area contributed by atoms with Crippen LogP contribution in [0, 0.1) is 0 Å². The molecule has 0 unspecified atom stereocenters. The number of carbonyl (C=O) groups is 1. The summed E-state index contributed by atoms with van der Waals surface area (Å²) in [5, 5.41) is 2.89. The molecule has 144 valence electrons. The summed E-state index contributed by atoms with van der Waals surface area (Å²) in [6, 6.07) is 18.7. The Hall–Kier alpha value is -3.54. The molecule has 0 radical (unpaired) electrons. The smallest absolute Gasteiger partial charge is 0.255 e. The normalized spacial score (nSPS) is 10.2. The Balaban J connectivity index is 1.87. The highest BCUT2D eigenvalue weighted by molar-refractivity contribution is 6.05. The fourth-order valence-electron chi connectivity index (χ4n) is 2.90. The quantitative estimate of drug-likeness (QED) is 0.656. The van der Waals surface area contributed by atoms with Crippen LogP contribution in [0.2, 0.25) is 0 Å². The molecule has 3 rings (SSSR count). The summed E-state index contributed by atoms with van der Waals surface area (Å²) in [6.07, 6.45) is 1.64. The van der Waals surface area contributed by atoms with Crippen molar-refractivity contribution in [2.24, 2.45) is 0 Å². The van der Waals surface area contributed by atoms with E-state index < -0.39 is 0 Å². The summed E-state index contributed by atoms with van der Waals surface area (Å²) in [6.45, 7) is 2.77. The van der Waals surface area contributed by atoms with Crippen molar-refractivity contribution in [2.45, 2.75) is 6.92 Å². The number of aromatic nitrogens is 1. The van der Waals surface area contributed by atoms with Crippen molar-refractivity contribution in [3.05, 3.63) is 72.4 Å². The number of para-hydroxylation sites is 1. The molecule has 1 aromatic heterocycles. The van der Waals surface area contributed by atoms with Gasteiger partial charge in [-0.1, -0.05) is 18.2 Å². The third-order valence-electron chi connectivity index (χ3n) is 4.32. The molecule has 1 amide bonds. The summed E-state index contributed by atoms with van der Waals surface area (Å²) in [5.74, 6) is 1.65. The maximum absolute atomic E-state index is 12.8. The highest BCUT2D eigenvalue weighted by Gasteiger charge is 2.14.